The highest BCUT2D eigenvalue weighted by Gasteiger charge is 2.27. The molecule has 6 nitrogen and oxygen atoms in total. The fraction of sp³-hybridized carbons (Fsp3) is 0.647. The van der Waals surface area contributed by atoms with E-state index in [4.69, 9.17) is 11.6 Å². The molecule has 1 aliphatic carbocycles. The van der Waals surface area contributed by atoms with Crippen LogP contribution in [0.3, 0.4) is 0 Å². The summed E-state index contributed by atoms with van der Waals surface area (Å²) in [5.74, 6) is -0.505. The van der Waals surface area contributed by atoms with Gasteiger partial charge in [0.15, 0.2) is 0 Å². The molecule has 0 saturated heterocycles. The minimum Gasteiger partial charge on any atom is -0.393 e. The monoisotopic (exact) mass is 373 g/mol. The Bertz CT molecular complexity index is 609. The molecule has 140 valence electrons. The maximum atomic E-state index is 13.8. The Kier molecular flexibility index (Phi) is 6.59. The lowest BCUT2D eigenvalue weighted by atomic mass is 9.92. The number of alkyl halides is 1. The van der Waals surface area contributed by atoms with E-state index in [1.54, 1.807) is 6.07 Å². The average molecular weight is 374 g/mol. The first-order valence-electron chi connectivity index (χ1n) is 8.41. The van der Waals surface area contributed by atoms with E-state index in [1.165, 1.54) is 20.0 Å². The van der Waals surface area contributed by atoms with Gasteiger partial charge in [0.2, 0.25) is 0 Å². The van der Waals surface area contributed by atoms with Crippen molar-refractivity contribution >= 4 is 23.2 Å². The van der Waals surface area contributed by atoms with Gasteiger partial charge in [-0.25, -0.2) is 9.37 Å². The molecular weight excluding hydrogens is 349 g/mol. The van der Waals surface area contributed by atoms with Gasteiger partial charge in [-0.2, -0.15) is 0 Å². The first-order valence-corrected chi connectivity index (χ1v) is 8.79. The number of hydrogen-bond donors (Lipinski definition) is 4. The van der Waals surface area contributed by atoms with Crippen molar-refractivity contribution in [2.75, 3.05) is 11.9 Å². The molecule has 4 N–H and O–H groups in total. The molecule has 0 aromatic carbocycles. The Labute approximate surface area is 151 Å². The summed E-state index contributed by atoms with van der Waals surface area (Å²) in [7, 11) is 0. The third kappa shape index (κ3) is 5.80. The molecule has 1 amide bonds. The van der Waals surface area contributed by atoms with Crippen molar-refractivity contribution in [1.82, 2.24) is 10.3 Å². The Hall–Kier alpha value is -1.44. The van der Waals surface area contributed by atoms with E-state index in [0.717, 1.165) is 19.3 Å². The molecule has 0 bridgehead atoms. The van der Waals surface area contributed by atoms with E-state index in [0.29, 0.717) is 12.1 Å². The fourth-order valence-corrected chi connectivity index (χ4v) is 2.93. The maximum Gasteiger partial charge on any atom is 0.255 e. The number of carbonyl (C=O) groups excluding carboxylic acids is 1. The van der Waals surface area contributed by atoms with Crippen LogP contribution in [0.25, 0.3) is 0 Å². The average Bonchev–Trinajstić information content (AvgIpc) is 2.51. The third-order valence-corrected chi connectivity index (χ3v) is 4.54. The zero-order valence-corrected chi connectivity index (χ0v) is 15.2. The molecule has 0 spiro atoms. The van der Waals surface area contributed by atoms with Crippen molar-refractivity contribution in [2.24, 2.45) is 0 Å². The fourth-order valence-electron chi connectivity index (χ4n) is 2.77. The molecule has 0 aliphatic heterocycles. The summed E-state index contributed by atoms with van der Waals surface area (Å²) in [5.41, 5.74) is -0.798. The normalized spacial score (nSPS) is 22.3. The summed E-state index contributed by atoms with van der Waals surface area (Å²) in [6, 6.07) is 1.57. The number of halogens is 2. The van der Waals surface area contributed by atoms with Crippen LogP contribution < -0.4 is 10.6 Å². The predicted molar refractivity (Wildman–Crippen MR) is 94.7 cm³/mol. The summed E-state index contributed by atoms with van der Waals surface area (Å²) in [6.07, 6.45) is 2.51. The van der Waals surface area contributed by atoms with Gasteiger partial charge >= 0.3 is 0 Å². The molecule has 1 aromatic rings. The van der Waals surface area contributed by atoms with Gasteiger partial charge in [0.05, 0.1) is 29.5 Å². The van der Waals surface area contributed by atoms with Gasteiger partial charge in [-0.3, -0.25) is 4.79 Å². The Morgan fingerprint density at radius 3 is 2.88 bits per heavy atom. The van der Waals surface area contributed by atoms with Crippen molar-refractivity contribution in [3.05, 3.63) is 23.0 Å². The highest BCUT2D eigenvalue weighted by molar-refractivity contribution is 6.29. The summed E-state index contributed by atoms with van der Waals surface area (Å²) in [5, 5.41) is 25.3. The zero-order chi connectivity index (χ0) is 18.6. The first-order chi connectivity index (χ1) is 11.7. The first kappa shape index (κ1) is 19.9. The lowest BCUT2D eigenvalue weighted by Crippen LogP contribution is -2.42. The van der Waals surface area contributed by atoms with Gasteiger partial charge in [0.1, 0.15) is 11.3 Å². The van der Waals surface area contributed by atoms with Crippen LogP contribution in [0.4, 0.5) is 10.1 Å². The molecule has 1 heterocycles. The summed E-state index contributed by atoms with van der Waals surface area (Å²) in [6.45, 7) is 2.37. The molecule has 8 heteroatoms. The van der Waals surface area contributed by atoms with Crippen LogP contribution >= 0.6 is 11.6 Å². The van der Waals surface area contributed by atoms with E-state index in [2.05, 4.69) is 15.6 Å². The van der Waals surface area contributed by atoms with Crippen molar-refractivity contribution in [3.63, 3.8) is 0 Å². The van der Waals surface area contributed by atoms with Gasteiger partial charge in [-0.15, -0.1) is 0 Å². The van der Waals surface area contributed by atoms with Gasteiger partial charge in [0, 0.05) is 12.2 Å². The second kappa shape index (κ2) is 8.29. The van der Waals surface area contributed by atoms with Crippen molar-refractivity contribution in [1.29, 1.82) is 0 Å². The topological polar surface area (TPSA) is 94.5 Å². The van der Waals surface area contributed by atoms with Crippen LogP contribution in [0, 0.1) is 0 Å². The quantitative estimate of drug-likeness (QED) is 0.574. The van der Waals surface area contributed by atoms with Gasteiger partial charge in [-0.05, 0) is 45.6 Å². The van der Waals surface area contributed by atoms with Crippen molar-refractivity contribution in [3.8, 4) is 0 Å². The second-order valence-corrected chi connectivity index (χ2v) is 7.43. The molecule has 1 fully saturated rings. The van der Waals surface area contributed by atoms with E-state index in [1.807, 2.05) is 0 Å². The van der Waals surface area contributed by atoms with E-state index >= 15 is 0 Å². The van der Waals surface area contributed by atoms with Crippen LogP contribution in [0.15, 0.2) is 12.3 Å². The van der Waals surface area contributed by atoms with Crippen LogP contribution in [0.5, 0.6) is 0 Å². The molecule has 1 aromatic heterocycles. The number of pyridine rings is 1. The number of amides is 1. The van der Waals surface area contributed by atoms with Crippen LogP contribution in [0.1, 0.15) is 49.9 Å². The lowest BCUT2D eigenvalue weighted by Gasteiger charge is -2.28. The number of aliphatic hydroxyl groups excluding tert-OH is 1. The number of anilines is 1. The van der Waals surface area contributed by atoms with E-state index < -0.39 is 17.7 Å². The summed E-state index contributed by atoms with van der Waals surface area (Å²) >= 11 is 5.93. The second-order valence-electron chi connectivity index (χ2n) is 7.05. The van der Waals surface area contributed by atoms with Crippen LogP contribution in [-0.4, -0.2) is 51.6 Å². The van der Waals surface area contributed by atoms with Crippen molar-refractivity contribution < 1.29 is 19.4 Å². The number of carbonyl (C=O) groups is 1. The number of nitrogens with zero attached hydrogens (tertiary/aromatic N) is 1. The third-order valence-electron chi connectivity index (χ3n) is 4.33. The Balaban J connectivity index is 2.08. The summed E-state index contributed by atoms with van der Waals surface area (Å²) < 4.78 is 13.8. The SMILES string of the molecule is CC(C)(O)[C@H](F)CNC(=O)c1cnc(Cl)cc1N[C@H]1CCCC(O)C1. The Morgan fingerprint density at radius 2 is 2.24 bits per heavy atom. The number of hydrogen-bond acceptors (Lipinski definition) is 5. The minimum absolute atomic E-state index is 0.0269. The van der Waals surface area contributed by atoms with Gasteiger partial charge in [0.25, 0.3) is 5.91 Å². The standard InChI is InChI=1S/C17H25ClFN3O3/c1-17(2,25)14(19)9-21-16(24)12-8-20-15(18)7-13(12)22-10-4-3-5-11(23)6-10/h7-8,10-11,14,23,25H,3-6,9H2,1-2H3,(H,20,22)(H,21,24)/t10-,11?,14+/m0/s1. The maximum absolute atomic E-state index is 13.8. The number of nitrogens with one attached hydrogen (secondary N) is 2. The largest absolute Gasteiger partial charge is 0.393 e. The Morgan fingerprint density at radius 1 is 1.52 bits per heavy atom. The molecule has 3 atom stereocenters. The van der Waals surface area contributed by atoms with Crippen molar-refractivity contribution in [2.45, 2.75) is 63.4 Å². The number of aromatic nitrogens is 1. The van der Waals surface area contributed by atoms with Crippen LogP contribution in [0.2, 0.25) is 5.15 Å². The molecular formula is C17H25ClFN3O3. The predicted octanol–water partition coefficient (Wildman–Crippen LogP) is 2.29. The molecule has 1 unspecified atom stereocenters. The van der Waals surface area contributed by atoms with Gasteiger partial charge in [-0.1, -0.05) is 11.6 Å². The molecule has 1 aliphatic rings. The van der Waals surface area contributed by atoms with Crippen LogP contribution in [-0.2, 0) is 0 Å². The van der Waals surface area contributed by atoms with E-state index in [9.17, 15) is 19.4 Å². The minimum atomic E-state index is -1.60. The lowest BCUT2D eigenvalue weighted by molar-refractivity contribution is -0.00177. The molecule has 1 saturated carbocycles. The van der Waals surface area contributed by atoms with Gasteiger partial charge < -0.3 is 20.8 Å². The molecule has 25 heavy (non-hydrogen) atoms. The highest BCUT2D eigenvalue weighted by Crippen LogP contribution is 2.25. The summed E-state index contributed by atoms with van der Waals surface area (Å²) in [4.78, 5) is 16.3. The van der Waals surface area contributed by atoms with E-state index in [-0.39, 0.29) is 29.4 Å². The number of rotatable bonds is 6. The molecule has 0 radical (unpaired) electrons. The number of aliphatic hydroxyl groups is 2. The highest BCUT2D eigenvalue weighted by atomic mass is 35.5. The zero-order valence-electron chi connectivity index (χ0n) is 14.4. The smallest absolute Gasteiger partial charge is 0.255 e. The molecule has 2 rings (SSSR count).